The van der Waals surface area contributed by atoms with Crippen LogP contribution >= 0.6 is 11.8 Å². The van der Waals surface area contributed by atoms with Crippen molar-refractivity contribution in [2.24, 2.45) is 15.9 Å². The number of nitrogens with two attached hydrogens (primary N) is 1. The van der Waals surface area contributed by atoms with Gasteiger partial charge in [-0.1, -0.05) is 11.8 Å². The summed E-state index contributed by atoms with van der Waals surface area (Å²) in [5, 5.41) is 20.7. The van der Waals surface area contributed by atoms with Crippen molar-refractivity contribution >= 4 is 47.0 Å². The topological polar surface area (TPSA) is 182 Å². The Bertz CT molecular complexity index is 915. The number of amidine groups is 1. The number of carbonyl (C=O) groups is 4. The van der Waals surface area contributed by atoms with Crippen molar-refractivity contribution in [1.29, 1.82) is 0 Å². The van der Waals surface area contributed by atoms with Gasteiger partial charge in [0, 0.05) is 12.0 Å². The van der Waals surface area contributed by atoms with Crippen molar-refractivity contribution < 1.29 is 33.8 Å². The van der Waals surface area contributed by atoms with Crippen LogP contribution in [-0.2, 0) is 9.59 Å². The fourth-order valence-electron chi connectivity index (χ4n) is 2.36. The third-order valence-corrected chi connectivity index (χ3v) is 4.62. The molecule has 1 aromatic rings. The summed E-state index contributed by atoms with van der Waals surface area (Å²) < 4.78 is 10.2. The quantitative estimate of drug-likeness (QED) is 0.346. The van der Waals surface area contributed by atoms with Crippen LogP contribution in [0, 0.1) is 0 Å². The number of nitrogens with one attached hydrogen (secondary N) is 2. The molecule has 13 heteroatoms. The molecule has 1 saturated heterocycles. The molecule has 0 saturated carbocycles. The lowest BCUT2D eigenvalue weighted by Gasteiger charge is -2.11. The van der Waals surface area contributed by atoms with Gasteiger partial charge in [-0.15, -0.1) is 5.10 Å². The molecule has 0 spiro atoms. The lowest BCUT2D eigenvalue weighted by molar-refractivity contribution is -0.124. The minimum atomic E-state index is -1.25. The molecular formula is C16H17N5O7S. The molecule has 1 fully saturated rings. The molecule has 0 bridgehead atoms. The van der Waals surface area contributed by atoms with Gasteiger partial charge in [-0.05, 0) is 12.1 Å². The fraction of sp³-hybridized carbons (Fsp3) is 0.250. The predicted octanol–water partition coefficient (Wildman–Crippen LogP) is -0.0915. The number of ether oxygens (including phenoxy) is 2. The largest absolute Gasteiger partial charge is 0.493 e. The van der Waals surface area contributed by atoms with Crippen LogP contribution in [0.3, 0.4) is 0 Å². The van der Waals surface area contributed by atoms with Crippen LogP contribution in [0.15, 0.2) is 22.3 Å². The lowest BCUT2D eigenvalue weighted by atomic mass is 10.1. The van der Waals surface area contributed by atoms with E-state index in [0.717, 1.165) is 11.8 Å². The van der Waals surface area contributed by atoms with Gasteiger partial charge in [-0.3, -0.25) is 14.9 Å². The van der Waals surface area contributed by atoms with Crippen molar-refractivity contribution in [1.82, 2.24) is 10.6 Å². The minimum absolute atomic E-state index is 0.0284. The molecule has 29 heavy (non-hydrogen) atoms. The van der Waals surface area contributed by atoms with Crippen molar-refractivity contribution in [3.05, 3.63) is 23.3 Å². The molecule has 2 rings (SSSR count). The van der Waals surface area contributed by atoms with E-state index in [2.05, 4.69) is 15.5 Å². The number of nitrogens with zero attached hydrogens (tertiary/aromatic N) is 2. The van der Waals surface area contributed by atoms with Crippen molar-refractivity contribution in [3.8, 4) is 11.5 Å². The van der Waals surface area contributed by atoms with Gasteiger partial charge in [-0.2, -0.15) is 5.10 Å². The second-order valence-electron chi connectivity index (χ2n) is 5.43. The zero-order valence-corrected chi connectivity index (χ0v) is 16.1. The first-order valence-electron chi connectivity index (χ1n) is 7.92. The standard InChI is InChI=1S/C16H17N5O7S/c1-27-8-4-3-7(11(14(24)25)12(8)28-2)6-18-21-16-20-13(23)9(29-16)5-10(22)19-15(17)26/h3-4,6,9H,5H2,1-2H3,(H,24,25)(H,20,21,23)(H3,17,19,22,26)/b18-6+. The molecule has 1 atom stereocenters. The van der Waals surface area contributed by atoms with Crippen molar-refractivity contribution in [2.45, 2.75) is 11.7 Å². The third kappa shape index (κ3) is 5.44. The van der Waals surface area contributed by atoms with Gasteiger partial charge in [0.25, 0.3) is 0 Å². The molecule has 5 N–H and O–H groups in total. The van der Waals surface area contributed by atoms with Crippen LogP contribution < -0.4 is 25.8 Å². The number of carbonyl (C=O) groups excluding carboxylic acids is 3. The molecule has 1 aliphatic heterocycles. The Kier molecular flexibility index (Phi) is 7.14. The summed E-state index contributed by atoms with van der Waals surface area (Å²) in [6.45, 7) is 0. The Hall–Kier alpha value is -3.61. The van der Waals surface area contributed by atoms with E-state index < -0.39 is 29.1 Å². The smallest absolute Gasteiger partial charge is 0.340 e. The number of benzene rings is 1. The van der Waals surface area contributed by atoms with Gasteiger partial charge < -0.3 is 25.6 Å². The molecule has 4 amide bonds. The number of primary amides is 1. The van der Waals surface area contributed by atoms with E-state index >= 15 is 0 Å². The fourth-order valence-corrected chi connectivity index (χ4v) is 3.28. The van der Waals surface area contributed by atoms with Gasteiger partial charge >= 0.3 is 12.0 Å². The summed E-state index contributed by atoms with van der Waals surface area (Å²) in [6.07, 6.45) is 0.902. The zero-order valence-electron chi connectivity index (χ0n) is 15.3. The Morgan fingerprint density at radius 2 is 2.07 bits per heavy atom. The van der Waals surface area contributed by atoms with E-state index in [4.69, 9.17) is 15.2 Å². The highest BCUT2D eigenvalue weighted by Gasteiger charge is 2.32. The monoisotopic (exact) mass is 423 g/mol. The molecule has 1 unspecified atom stereocenters. The first-order valence-corrected chi connectivity index (χ1v) is 8.80. The summed E-state index contributed by atoms with van der Waals surface area (Å²) in [7, 11) is 2.69. The Balaban J connectivity index is 2.16. The maximum Gasteiger partial charge on any atom is 0.340 e. The maximum absolute atomic E-state index is 11.9. The van der Waals surface area contributed by atoms with Gasteiger partial charge in [0.05, 0.1) is 20.4 Å². The van der Waals surface area contributed by atoms with E-state index in [9.17, 15) is 24.3 Å². The molecule has 1 aliphatic rings. The van der Waals surface area contributed by atoms with E-state index in [-0.39, 0.29) is 34.2 Å². The number of imide groups is 1. The van der Waals surface area contributed by atoms with Gasteiger partial charge in [0.1, 0.15) is 10.8 Å². The molecule has 1 aromatic carbocycles. The van der Waals surface area contributed by atoms with E-state index in [0.29, 0.717) is 0 Å². The number of urea groups is 1. The molecule has 1 heterocycles. The number of methoxy groups -OCH3 is 2. The zero-order chi connectivity index (χ0) is 21.6. The number of hydrogen-bond donors (Lipinski definition) is 4. The van der Waals surface area contributed by atoms with Crippen LogP contribution in [0.1, 0.15) is 22.3 Å². The Labute approximate surface area is 168 Å². The highest BCUT2D eigenvalue weighted by atomic mass is 32.2. The van der Waals surface area contributed by atoms with Crippen LogP contribution in [0.4, 0.5) is 4.79 Å². The first-order chi connectivity index (χ1) is 13.8. The maximum atomic E-state index is 11.9. The van der Waals surface area contributed by atoms with Crippen LogP contribution in [0.2, 0.25) is 0 Å². The summed E-state index contributed by atoms with van der Waals surface area (Å²) >= 11 is 0.935. The van der Waals surface area contributed by atoms with E-state index in [1.807, 2.05) is 5.32 Å². The summed E-state index contributed by atoms with van der Waals surface area (Å²) in [5.41, 5.74) is 4.88. The van der Waals surface area contributed by atoms with Crippen LogP contribution in [0.5, 0.6) is 11.5 Å². The molecule has 12 nitrogen and oxygen atoms in total. The summed E-state index contributed by atoms with van der Waals surface area (Å²) in [5.74, 6) is -2.17. The molecule has 0 aliphatic carbocycles. The second kappa shape index (κ2) is 9.54. The SMILES string of the molecule is COc1ccc(/C=N/N=C2\NC(=O)C(CC(=O)NC(N)=O)S2)c(C(=O)O)c1OC. The second-order valence-corrected chi connectivity index (χ2v) is 6.62. The number of carboxylic acids is 1. The summed E-state index contributed by atoms with van der Waals surface area (Å²) in [4.78, 5) is 45.6. The highest BCUT2D eigenvalue weighted by molar-refractivity contribution is 8.15. The van der Waals surface area contributed by atoms with Gasteiger partial charge in [0.15, 0.2) is 16.7 Å². The van der Waals surface area contributed by atoms with Gasteiger partial charge in [-0.25, -0.2) is 9.59 Å². The van der Waals surface area contributed by atoms with E-state index in [1.54, 1.807) is 0 Å². The Morgan fingerprint density at radius 3 is 2.66 bits per heavy atom. The number of amides is 4. The number of thioether (sulfide) groups is 1. The number of rotatable bonds is 7. The van der Waals surface area contributed by atoms with Crippen molar-refractivity contribution in [3.63, 3.8) is 0 Å². The molecule has 0 aromatic heterocycles. The normalized spacial score (nSPS) is 17.2. The van der Waals surface area contributed by atoms with Crippen LogP contribution in [0.25, 0.3) is 0 Å². The number of hydrogen-bond acceptors (Lipinski definition) is 9. The molecule has 154 valence electrons. The first kappa shape index (κ1) is 21.7. The van der Waals surface area contributed by atoms with E-state index in [1.165, 1.54) is 32.6 Å². The van der Waals surface area contributed by atoms with Crippen LogP contribution in [-0.4, -0.2) is 59.8 Å². The third-order valence-electron chi connectivity index (χ3n) is 3.55. The minimum Gasteiger partial charge on any atom is -0.493 e. The number of aromatic carboxylic acids is 1. The Morgan fingerprint density at radius 1 is 1.34 bits per heavy atom. The van der Waals surface area contributed by atoms with Crippen molar-refractivity contribution in [2.75, 3.05) is 14.2 Å². The number of carboxylic acid groups (broad SMARTS) is 1. The molecular weight excluding hydrogens is 406 g/mol. The van der Waals surface area contributed by atoms with Gasteiger partial charge in [0.2, 0.25) is 11.8 Å². The molecule has 0 radical (unpaired) electrons. The lowest BCUT2D eigenvalue weighted by Crippen LogP contribution is -2.37. The highest BCUT2D eigenvalue weighted by Crippen LogP contribution is 2.33. The average molecular weight is 423 g/mol. The summed E-state index contributed by atoms with van der Waals surface area (Å²) in [6, 6.07) is 1.96. The average Bonchev–Trinajstić information content (AvgIpc) is 2.99. The predicted molar refractivity (Wildman–Crippen MR) is 103 cm³/mol.